The Bertz CT molecular complexity index is 553. The standard InChI is InChI=1S/C21H28N2/c1-21(2,3)23-16-14-22(15-17-23)20(18-10-6-4-7-11-18)19-12-8-5-9-13-19/h4-13,20H,14-17H2,1-3H3. The van der Waals surface area contributed by atoms with Crippen molar-refractivity contribution in [3.63, 3.8) is 0 Å². The molecule has 2 aromatic rings. The zero-order valence-corrected chi connectivity index (χ0v) is 14.6. The van der Waals surface area contributed by atoms with E-state index in [9.17, 15) is 0 Å². The van der Waals surface area contributed by atoms with Gasteiger partial charge in [-0.05, 0) is 31.9 Å². The van der Waals surface area contributed by atoms with E-state index in [1.54, 1.807) is 0 Å². The maximum Gasteiger partial charge on any atom is 0.0602 e. The summed E-state index contributed by atoms with van der Waals surface area (Å²) in [6, 6.07) is 22.2. The van der Waals surface area contributed by atoms with Crippen LogP contribution in [0.1, 0.15) is 37.9 Å². The first-order valence-electron chi connectivity index (χ1n) is 8.65. The van der Waals surface area contributed by atoms with Crippen molar-refractivity contribution in [2.24, 2.45) is 0 Å². The third-order valence-corrected chi connectivity index (χ3v) is 4.86. The minimum Gasteiger partial charge on any atom is -0.296 e. The number of hydrogen-bond acceptors (Lipinski definition) is 2. The summed E-state index contributed by atoms with van der Waals surface area (Å²) < 4.78 is 0. The maximum atomic E-state index is 2.63. The van der Waals surface area contributed by atoms with Gasteiger partial charge < -0.3 is 0 Å². The summed E-state index contributed by atoms with van der Waals surface area (Å²) in [7, 11) is 0. The Balaban J connectivity index is 1.83. The van der Waals surface area contributed by atoms with Gasteiger partial charge >= 0.3 is 0 Å². The summed E-state index contributed by atoms with van der Waals surface area (Å²) in [6.45, 7) is 11.5. The highest BCUT2D eigenvalue weighted by atomic mass is 15.3. The van der Waals surface area contributed by atoms with E-state index in [-0.39, 0.29) is 5.54 Å². The number of rotatable bonds is 3. The molecular weight excluding hydrogens is 280 g/mol. The third kappa shape index (κ3) is 3.82. The van der Waals surface area contributed by atoms with Crippen LogP contribution in [0.5, 0.6) is 0 Å². The van der Waals surface area contributed by atoms with E-state index in [1.807, 2.05) is 0 Å². The van der Waals surface area contributed by atoms with E-state index in [2.05, 4.69) is 91.2 Å². The Morgan fingerprint density at radius 3 is 1.52 bits per heavy atom. The fraction of sp³-hybridized carbons (Fsp3) is 0.429. The topological polar surface area (TPSA) is 6.48 Å². The van der Waals surface area contributed by atoms with Gasteiger partial charge in [-0.3, -0.25) is 9.80 Å². The molecule has 0 amide bonds. The van der Waals surface area contributed by atoms with E-state index in [0.717, 1.165) is 26.2 Å². The lowest BCUT2D eigenvalue weighted by Gasteiger charge is -2.44. The fourth-order valence-electron chi connectivity index (χ4n) is 3.54. The molecule has 0 bridgehead atoms. The Morgan fingerprint density at radius 1 is 0.696 bits per heavy atom. The largest absolute Gasteiger partial charge is 0.296 e. The van der Waals surface area contributed by atoms with Gasteiger partial charge in [-0.15, -0.1) is 0 Å². The molecule has 0 spiro atoms. The van der Waals surface area contributed by atoms with Crippen LogP contribution in [0.4, 0.5) is 0 Å². The van der Waals surface area contributed by atoms with Crippen molar-refractivity contribution in [2.45, 2.75) is 32.4 Å². The van der Waals surface area contributed by atoms with Gasteiger partial charge in [-0.25, -0.2) is 0 Å². The molecule has 3 rings (SSSR count). The second-order valence-corrected chi connectivity index (χ2v) is 7.42. The summed E-state index contributed by atoms with van der Waals surface area (Å²) >= 11 is 0. The summed E-state index contributed by atoms with van der Waals surface area (Å²) in [6.07, 6.45) is 0. The highest BCUT2D eigenvalue weighted by molar-refractivity contribution is 5.31. The maximum absolute atomic E-state index is 2.63. The minimum absolute atomic E-state index is 0.265. The molecule has 0 aromatic heterocycles. The molecule has 122 valence electrons. The predicted octanol–water partition coefficient (Wildman–Crippen LogP) is 4.19. The molecule has 1 aliphatic rings. The van der Waals surface area contributed by atoms with E-state index in [0.29, 0.717) is 6.04 Å². The molecule has 2 aromatic carbocycles. The van der Waals surface area contributed by atoms with Crippen LogP contribution in [0.15, 0.2) is 60.7 Å². The molecule has 0 N–H and O–H groups in total. The molecule has 0 unspecified atom stereocenters. The van der Waals surface area contributed by atoms with Gasteiger partial charge in [0.2, 0.25) is 0 Å². The van der Waals surface area contributed by atoms with Gasteiger partial charge in [0.25, 0.3) is 0 Å². The monoisotopic (exact) mass is 308 g/mol. The van der Waals surface area contributed by atoms with Gasteiger partial charge in [0.15, 0.2) is 0 Å². The van der Waals surface area contributed by atoms with Crippen LogP contribution in [0, 0.1) is 0 Å². The van der Waals surface area contributed by atoms with Crippen LogP contribution in [-0.2, 0) is 0 Å². The first-order chi connectivity index (χ1) is 11.1. The molecule has 2 nitrogen and oxygen atoms in total. The molecule has 1 fully saturated rings. The summed E-state index contributed by atoms with van der Waals surface area (Å²) in [5.41, 5.74) is 3.05. The lowest BCUT2D eigenvalue weighted by molar-refractivity contribution is 0.0494. The average Bonchev–Trinajstić information content (AvgIpc) is 2.57. The van der Waals surface area contributed by atoms with Crippen LogP contribution in [0.3, 0.4) is 0 Å². The molecule has 0 atom stereocenters. The SMILES string of the molecule is CC(C)(C)N1CCN(C(c2ccccc2)c2ccccc2)CC1. The van der Waals surface area contributed by atoms with E-state index >= 15 is 0 Å². The highest BCUT2D eigenvalue weighted by Crippen LogP contribution is 2.30. The van der Waals surface area contributed by atoms with Crippen LogP contribution >= 0.6 is 0 Å². The lowest BCUT2D eigenvalue weighted by atomic mass is 9.96. The molecule has 1 aliphatic heterocycles. The number of piperazine rings is 1. The Kier molecular flexibility index (Phi) is 4.84. The first kappa shape index (κ1) is 16.2. The summed E-state index contributed by atoms with van der Waals surface area (Å²) in [5, 5.41) is 0. The van der Waals surface area contributed by atoms with Crippen molar-refractivity contribution in [3.8, 4) is 0 Å². The number of hydrogen-bond donors (Lipinski definition) is 0. The van der Waals surface area contributed by atoms with Gasteiger partial charge in [0.1, 0.15) is 0 Å². The lowest BCUT2D eigenvalue weighted by Crippen LogP contribution is -2.54. The molecule has 0 aliphatic carbocycles. The van der Waals surface area contributed by atoms with E-state index in [4.69, 9.17) is 0 Å². The minimum atomic E-state index is 0.265. The van der Waals surface area contributed by atoms with Crippen LogP contribution < -0.4 is 0 Å². The highest BCUT2D eigenvalue weighted by Gasteiger charge is 2.30. The Labute approximate surface area is 140 Å². The third-order valence-electron chi connectivity index (χ3n) is 4.86. The molecule has 0 saturated carbocycles. The number of benzene rings is 2. The van der Waals surface area contributed by atoms with Crippen molar-refractivity contribution >= 4 is 0 Å². The van der Waals surface area contributed by atoms with Crippen LogP contribution in [0.25, 0.3) is 0 Å². The Morgan fingerprint density at radius 2 is 1.13 bits per heavy atom. The summed E-state index contributed by atoms with van der Waals surface area (Å²) in [5.74, 6) is 0. The van der Waals surface area contributed by atoms with Gasteiger partial charge in [0.05, 0.1) is 6.04 Å². The number of nitrogens with zero attached hydrogens (tertiary/aromatic N) is 2. The van der Waals surface area contributed by atoms with Crippen LogP contribution in [0.2, 0.25) is 0 Å². The zero-order valence-electron chi connectivity index (χ0n) is 14.6. The van der Waals surface area contributed by atoms with Crippen molar-refractivity contribution in [1.82, 2.24) is 9.80 Å². The predicted molar refractivity (Wildman–Crippen MR) is 97.6 cm³/mol. The molecule has 0 radical (unpaired) electrons. The molecule has 23 heavy (non-hydrogen) atoms. The van der Waals surface area contributed by atoms with Crippen molar-refractivity contribution < 1.29 is 0 Å². The van der Waals surface area contributed by atoms with Crippen molar-refractivity contribution in [2.75, 3.05) is 26.2 Å². The van der Waals surface area contributed by atoms with E-state index < -0.39 is 0 Å². The molecular formula is C21H28N2. The van der Waals surface area contributed by atoms with Gasteiger partial charge in [-0.2, -0.15) is 0 Å². The average molecular weight is 308 g/mol. The van der Waals surface area contributed by atoms with Crippen molar-refractivity contribution in [3.05, 3.63) is 71.8 Å². The second-order valence-electron chi connectivity index (χ2n) is 7.42. The zero-order chi connectivity index (χ0) is 16.3. The fourth-order valence-corrected chi connectivity index (χ4v) is 3.54. The summed E-state index contributed by atoms with van der Waals surface area (Å²) in [4.78, 5) is 5.23. The van der Waals surface area contributed by atoms with E-state index in [1.165, 1.54) is 11.1 Å². The second kappa shape index (κ2) is 6.86. The van der Waals surface area contributed by atoms with Crippen LogP contribution in [-0.4, -0.2) is 41.5 Å². The molecule has 2 heteroatoms. The molecule has 1 saturated heterocycles. The first-order valence-corrected chi connectivity index (χ1v) is 8.65. The van der Waals surface area contributed by atoms with Crippen molar-refractivity contribution in [1.29, 1.82) is 0 Å². The van der Waals surface area contributed by atoms with Gasteiger partial charge in [-0.1, -0.05) is 60.7 Å². The normalized spacial score (nSPS) is 17.6. The van der Waals surface area contributed by atoms with Gasteiger partial charge in [0, 0.05) is 31.7 Å². The quantitative estimate of drug-likeness (QED) is 0.839. The smallest absolute Gasteiger partial charge is 0.0602 e. The molecule has 1 heterocycles. The Hall–Kier alpha value is -1.64.